The summed E-state index contributed by atoms with van der Waals surface area (Å²) in [6.45, 7) is 8.44. The molecule has 1 N–H and O–H groups in total. The van der Waals surface area contributed by atoms with Gasteiger partial charge >= 0.3 is 0 Å². The lowest BCUT2D eigenvalue weighted by atomic mass is 10.2. The van der Waals surface area contributed by atoms with Gasteiger partial charge in [-0.3, -0.25) is 0 Å². The van der Waals surface area contributed by atoms with Crippen molar-refractivity contribution in [1.82, 2.24) is 5.32 Å². The smallest absolute Gasteiger partial charge is 0.119 e. The standard InChI is InChI=1S/C14H21NO/c1-3-9-15-10-4-5-11-16-14-8-6-7-13(2)12-14/h3,6-8,12,15H,1,4-5,9-11H2,2H3. The molecule has 0 saturated heterocycles. The van der Waals surface area contributed by atoms with Crippen LogP contribution in [0.15, 0.2) is 36.9 Å². The minimum atomic E-state index is 0.791. The SMILES string of the molecule is C=CCNCCCCOc1cccc(C)c1. The van der Waals surface area contributed by atoms with Gasteiger partial charge in [-0.1, -0.05) is 18.2 Å². The molecule has 88 valence electrons. The van der Waals surface area contributed by atoms with Crippen LogP contribution in [0.5, 0.6) is 5.75 Å². The van der Waals surface area contributed by atoms with E-state index in [-0.39, 0.29) is 0 Å². The van der Waals surface area contributed by atoms with Crippen LogP contribution < -0.4 is 10.1 Å². The van der Waals surface area contributed by atoms with Crippen LogP contribution in [-0.2, 0) is 0 Å². The average molecular weight is 219 g/mol. The molecule has 0 aromatic heterocycles. The van der Waals surface area contributed by atoms with Crippen LogP contribution in [0.4, 0.5) is 0 Å². The Kier molecular flexibility index (Phi) is 6.35. The molecule has 1 aromatic rings. The summed E-state index contributed by atoms with van der Waals surface area (Å²) in [6.07, 6.45) is 4.10. The molecule has 1 rings (SSSR count). The van der Waals surface area contributed by atoms with Gasteiger partial charge in [0.25, 0.3) is 0 Å². The monoisotopic (exact) mass is 219 g/mol. The first-order valence-corrected chi connectivity index (χ1v) is 5.84. The van der Waals surface area contributed by atoms with Gasteiger partial charge in [0.2, 0.25) is 0 Å². The molecule has 1 aromatic carbocycles. The van der Waals surface area contributed by atoms with E-state index in [0.717, 1.165) is 38.3 Å². The summed E-state index contributed by atoms with van der Waals surface area (Å²) >= 11 is 0. The number of ether oxygens (including phenoxy) is 1. The number of unbranched alkanes of at least 4 members (excludes halogenated alkanes) is 1. The number of hydrogen-bond donors (Lipinski definition) is 1. The molecule has 0 amide bonds. The van der Waals surface area contributed by atoms with Crippen molar-refractivity contribution in [2.75, 3.05) is 19.7 Å². The minimum Gasteiger partial charge on any atom is -0.494 e. The topological polar surface area (TPSA) is 21.3 Å². The molecule has 0 aliphatic heterocycles. The van der Waals surface area contributed by atoms with Crippen LogP contribution >= 0.6 is 0 Å². The number of nitrogens with one attached hydrogen (secondary N) is 1. The van der Waals surface area contributed by atoms with Gasteiger partial charge in [0.05, 0.1) is 6.61 Å². The van der Waals surface area contributed by atoms with Crippen LogP contribution in [0, 0.1) is 6.92 Å². The van der Waals surface area contributed by atoms with Crippen LogP contribution in [0.3, 0.4) is 0 Å². The molecule has 0 bridgehead atoms. The third-order valence-corrected chi connectivity index (χ3v) is 2.29. The third-order valence-electron chi connectivity index (χ3n) is 2.29. The Labute approximate surface area is 98.3 Å². The van der Waals surface area contributed by atoms with Crippen LogP contribution in [0.1, 0.15) is 18.4 Å². The summed E-state index contributed by atoms with van der Waals surface area (Å²) < 4.78 is 5.65. The van der Waals surface area contributed by atoms with E-state index in [1.54, 1.807) is 0 Å². The fourth-order valence-corrected chi connectivity index (χ4v) is 1.45. The highest BCUT2D eigenvalue weighted by Gasteiger charge is 1.93. The van der Waals surface area contributed by atoms with E-state index >= 15 is 0 Å². The van der Waals surface area contributed by atoms with E-state index in [9.17, 15) is 0 Å². The van der Waals surface area contributed by atoms with Crippen LogP contribution in [0.2, 0.25) is 0 Å². The van der Waals surface area contributed by atoms with Gasteiger partial charge in [-0.05, 0) is 44.0 Å². The molecule has 0 unspecified atom stereocenters. The van der Waals surface area contributed by atoms with Crippen molar-refractivity contribution in [3.63, 3.8) is 0 Å². The van der Waals surface area contributed by atoms with Crippen LogP contribution in [0.25, 0.3) is 0 Å². The largest absolute Gasteiger partial charge is 0.494 e. The second-order valence-corrected chi connectivity index (χ2v) is 3.86. The fourth-order valence-electron chi connectivity index (χ4n) is 1.45. The average Bonchev–Trinajstić information content (AvgIpc) is 2.28. The lowest BCUT2D eigenvalue weighted by molar-refractivity contribution is 0.306. The van der Waals surface area contributed by atoms with Crippen LogP contribution in [-0.4, -0.2) is 19.7 Å². The summed E-state index contributed by atoms with van der Waals surface area (Å²) in [5.41, 5.74) is 1.24. The maximum atomic E-state index is 5.65. The second kappa shape index (κ2) is 7.94. The molecule has 2 heteroatoms. The molecule has 0 radical (unpaired) electrons. The van der Waals surface area contributed by atoms with E-state index in [4.69, 9.17) is 4.74 Å². The van der Waals surface area contributed by atoms with E-state index < -0.39 is 0 Å². The summed E-state index contributed by atoms with van der Waals surface area (Å²) in [5.74, 6) is 0.971. The normalized spacial score (nSPS) is 10.1. The lowest BCUT2D eigenvalue weighted by Gasteiger charge is -2.06. The molecule has 0 atom stereocenters. The van der Waals surface area contributed by atoms with E-state index in [0.29, 0.717) is 0 Å². The molecule has 0 spiro atoms. The minimum absolute atomic E-state index is 0.791. The van der Waals surface area contributed by atoms with Gasteiger partial charge in [0.1, 0.15) is 5.75 Å². The summed E-state index contributed by atoms with van der Waals surface area (Å²) in [4.78, 5) is 0. The number of benzene rings is 1. The van der Waals surface area contributed by atoms with Gasteiger partial charge < -0.3 is 10.1 Å². The molecule has 0 saturated carbocycles. The van der Waals surface area contributed by atoms with Gasteiger partial charge in [-0.25, -0.2) is 0 Å². The Morgan fingerprint density at radius 1 is 1.38 bits per heavy atom. The highest BCUT2D eigenvalue weighted by atomic mass is 16.5. The number of hydrogen-bond acceptors (Lipinski definition) is 2. The van der Waals surface area contributed by atoms with Crippen molar-refractivity contribution in [2.45, 2.75) is 19.8 Å². The highest BCUT2D eigenvalue weighted by molar-refractivity contribution is 5.27. The first-order chi connectivity index (χ1) is 7.83. The molecule has 0 heterocycles. The van der Waals surface area contributed by atoms with Crippen molar-refractivity contribution in [2.24, 2.45) is 0 Å². The van der Waals surface area contributed by atoms with E-state index in [1.807, 2.05) is 18.2 Å². The molecular formula is C14H21NO. The van der Waals surface area contributed by atoms with Gasteiger partial charge in [0, 0.05) is 6.54 Å². The molecular weight excluding hydrogens is 198 g/mol. The quantitative estimate of drug-likeness (QED) is 0.536. The molecule has 0 fully saturated rings. The number of aryl methyl sites for hydroxylation is 1. The van der Waals surface area contributed by atoms with E-state index in [2.05, 4.69) is 31.0 Å². The van der Waals surface area contributed by atoms with Gasteiger partial charge in [-0.2, -0.15) is 0 Å². The Morgan fingerprint density at radius 3 is 3.00 bits per heavy atom. The zero-order chi connectivity index (χ0) is 11.6. The Morgan fingerprint density at radius 2 is 2.25 bits per heavy atom. The zero-order valence-corrected chi connectivity index (χ0v) is 10.0. The summed E-state index contributed by atoms with van der Waals surface area (Å²) in [5, 5.41) is 3.27. The Balaban J connectivity index is 2.05. The first kappa shape index (κ1) is 12.8. The zero-order valence-electron chi connectivity index (χ0n) is 10.0. The maximum Gasteiger partial charge on any atom is 0.119 e. The summed E-state index contributed by atoms with van der Waals surface area (Å²) in [6, 6.07) is 8.17. The molecule has 2 nitrogen and oxygen atoms in total. The predicted octanol–water partition coefficient (Wildman–Crippen LogP) is 2.93. The first-order valence-electron chi connectivity index (χ1n) is 5.84. The van der Waals surface area contributed by atoms with Crippen molar-refractivity contribution < 1.29 is 4.74 Å². The molecule has 0 aliphatic carbocycles. The highest BCUT2D eigenvalue weighted by Crippen LogP contribution is 2.12. The van der Waals surface area contributed by atoms with Crippen molar-refractivity contribution >= 4 is 0 Å². The van der Waals surface area contributed by atoms with Crippen molar-refractivity contribution in [3.8, 4) is 5.75 Å². The number of rotatable bonds is 8. The Hall–Kier alpha value is -1.28. The van der Waals surface area contributed by atoms with E-state index in [1.165, 1.54) is 5.56 Å². The summed E-state index contributed by atoms with van der Waals surface area (Å²) in [7, 11) is 0. The van der Waals surface area contributed by atoms with Crippen molar-refractivity contribution in [1.29, 1.82) is 0 Å². The lowest BCUT2D eigenvalue weighted by Crippen LogP contribution is -2.15. The van der Waals surface area contributed by atoms with Gasteiger partial charge in [-0.15, -0.1) is 6.58 Å². The third kappa shape index (κ3) is 5.56. The van der Waals surface area contributed by atoms with Gasteiger partial charge in [0.15, 0.2) is 0 Å². The maximum absolute atomic E-state index is 5.65. The predicted molar refractivity (Wildman–Crippen MR) is 69.0 cm³/mol. The fraction of sp³-hybridized carbons (Fsp3) is 0.429. The Bertz CT molecular complexity index is 309. The molecule has 0 aliphatic rings. The second-order valence-electron chi connectivity index (χ2n) is 3.86. The molecule has 16 heavy (non-hydrogen) atoms. The van der Waals surface area contributed by atoms with Crippen molar-refractivity contribution in [3.05, 3.63) is 42.5 Å².